The van der Waals surface area contributed by atoms with E-state index in [9.17, 15) is 9.18 Å². The molecule has 0 aromatic heterocycles. The van der Waals surface area contributed by atoms with Gasteiger partial charge in [-0.25, -0.2) is 4.39 Å². The van der Waals surface area contributed by atoms with E-state index >= 15 is 0 Å². The average Bonchev–Trinajstić information content (AvgIpc) is 2.67. The van der Waals surface area contributed by atoms with Crippen molar-refractivity contribution in [3.8, 4) is 0 Å². The van der Waals surface area contributed by atoms with Gasteiger partial charge in [-0.3, -0.25) is 9.69 Å². The second kappa shape index (κ2) is 10.5. The second-order valence-electron chi connectivity index (χ2n) is 8.32. The fraction of sp³-hybridized carbons (Fsp3) is 0.682. The quantitative estimate of drug-likeness (QED) is 0.769. The second-order valence-corrected chi connectivity index (χ2v) is 8.59. The van der Waals surface area contributed by atoms with Gasteiger partial charge in [0.05, 0.1) is 11.9 Å². The van der Waals surface area contributed by atoms with Crippen molar-refractivity contribution < 1.29 is 9.18 Å². The maximum absolute atomic E-state index is 13.2. The lowest BCUT2D eigenvalue weighted by molar-refractivity contribution is -0.119. The average molecular weight is 395 g/mol. The number of hydrogen-bond acceptors (Lipinski definition) is 3. The van der Waals surface area contributed by atoms with E-state index in [2.05, 4.69) is 10.2 Å². The molecule has 0 aliphatic carbocycles. The van der Waals surface area contributed by atoms with E-state index < -0.39 is 0 Å². The molecule has 3 nitrogen and oxygen atoms in total. The van der Waals surface area contributed by atoms with Gasteiger partial charge in [0.15, 0.2) is 5.78 Å². The summed E-state index contributed by atoms with van der Waals surface area (Å²) in [4.78, 5) is 14.7. The molecule has 0 spiro atoms. The van der Waals surface area contributed by atoms with Gasteiger partial charge in [0.2, 0.25) is 0 Å². The fourth-order valence-corrected chi connectivity index (χ4v) is 4.89. The number of Topliss-reactive ketones (excluding diaryl/α,β-unsaturated/α-hetero) is 1. The molecule has 3 unspecified atom stereocenters. The molecule has 1 aromatic rings. The normalized spacial score (nSPS) is 28.1. The highest BCUT2D eigenvalue weighted by atomic mass is 35.5. The van der Waals surface area contributed by atoms with Gasteiger partial charge in [0.1, 0.15) is 5.82 Å². The van der Waals surface area contributed by atoms with Gasteiger partial charge in [-0.1, -0.05) is 25.0 Å². The zero-order valence-corrected chi connectivity index (χ0v) is 16.9. The SMILES string of the molecule is O=C(CCl)C1CCC2CC(CCCCCN1)CN(Cc1ccc(F)cc1)C2. The first kappa shape index (κ1) is 20.8. The first-order chi connectivity index (χ1) is 13.1. The lowest BCUT2D eigenvalue weighted by Gasteiger charge is -2.39. The highest BCUT2D eigenvalue weighted by molar-refractivity contribution is 6.28. The first-order valence-corrected chi connectivity index (χ1v) is 11.0. The Balaban J connectivity index is 1.63. The number of fused-ring (bicyclic) bond motifs is 2. The van der Waals surface area contributed by atoms with E-state index in [0.29, 0.717) is 5.92 Å². The molecule has 5 heteroatoms. The largest absolute Gasteiger partial charge is 0.307 e. The Hall–Kier alpha value is -0.970. The summed E-state index contributed by atoms with van der Waals surface area (Å²) in [7, 11) is 0. The summed E-state index contributed by atoms with van der Waals surface area (Å²) in [6.45, 7) is 4.00. The zero-order chi connectivity index (χ0) is 19.1. The number of ketones is 1. The highest BCUT2D eigenvalue weighted by Crippen LogP contribution is 2.30. The van der Waals surface area contributed by atoms with Crippen molar-refractivity contribution in [3.63, 3.8) is 0 Å². The Morgan fingerprint density at radius 3 is 2.56 bits per heavy atom. The number of likely N-dealkylation sites (tertiary alicyclic amines) is 1. The minimum atomic E-state index is -0.176. The Kier molecular flexibility index (Phi) is 8.10. The summed E-state index contributed by atoms with van der Waals surface area (Å²) in [6, 6.07) is 6.80. The molecule has 3 rings (SSSR count). The number of piperidine rings is 1. The Bertz CT molecular complexity index is 594. The van der Waals surface area contributed by atoms with Crippen LogP contribution in [0.1, 0.15) is 50.5 Å². The Morgan fingerprint density at radius 2 is 1.81 bits per heavy atom. The number of nitrogens with zero attached hydrogens (tertiary/aromatic N) is 1. The van der Waals surface area contributed by atoms with E-state index in [1.807, 2.05) is 12.1 Å². The minimum Gasteiger partial charge on any atom is -0.307 e. The van der Waals surface area contributed by atoms with Crippen molar-refractivity contribution in [2.45, 2.75) is 57.5 Å². The van der Waals surface area contributed by atoms with Gasteiger partial charge in [0, 0.05) is 19.6 Å². The molecule has 2 aliphatic heterocycles. The van der Waals surface area contributed by atoms with Gasteiger partial charge in [-0.15, -0.1) is 11.6 Å². The van der Waals surface area contributed by atoms with Crippen LogP contribution >= 0.6 is 11.6 Å². The molecule has 0 radical (unpaired) electrons. The van der Waals surface area contributed by atoms with Crippen molar-refractivity contribution in [2.75, 3.05) is 25.5 Å². The summed E-state index contributed by atoms with van der Waals surface area (Å²) in [5, 5.41) is 3.44. The van der Waals surface area contributed by atoms with Crippen LogP contribution in [0.5, 0.6) is 0 Å². The fourth-order valence-electron chi connectivity index (χ4n) is 4.70. The number of benzene rings is 1. The third-order valence-electron chi connectivity index (χ3n) is 6.08. The molecule has 2 bridgehead atoms. The molecule has 27 heavy (non-hydrogen) atoms. The molecule has 3 atom stereocenters. The van der Waals surface area contributed by atoms with Crippen LogP contribution < -0.4 is 5.32 Å². The number of nitrogens with one attached hydrogen (secondary N) is 1. The van der Waals surface area contributed by atoms with E-state index in [1.54, 1.807) is 12.1 Å². The number of carbonyl (C=O) groups excluding carboxylic acids is 1. The van der Waals surface area contributed by atoms with Crippen molar-refractivity contribution in [3.05, 3.63) is 35.6 Å². The molecule has 2 heterocycles. The lowest BCUT2D eigenvalue weighted by Crippen LogP contribution is -2.42. The number of halogens is 2. The first-order valence-electron chi connectivity index (χ1n) is 10.4. The van der Waals surface area contributed by atoms with Gasteiger partial charge >= 0.3 is 0 Å². The van der Waals surface area contributed by atoms with Crippen LogP contribution in [0.25, 0.3) is 0 Å². The summed E-state index contributed by atoms with van der Waals surface area (Å²) < 4.78 is 13.2. The summed E-state index contributed by atoms with van der Waals surface area (Å²) >= 11 is 5.82. The van der Waals surface area contributed by atoms with E-state index in [-0.39, 0.29) is 23.5 Å². The number of carbonyl (C=O) groups is 1. The van der Waals surface area contributed by atoms with Gasteiger partial charge in [-0.2, -0.15) is 0 Å². The van der Waals surface area contributed by atoms with Gasteiger partial charge < -0.3 is 5.32 Å². The maximum Gasteiger partial charge on any atom is 0.164 e. The minimum absolute atomic E-state index is 0.0900. The third kappa shape index (κ3) is 6.55. The predicted molar refractivity (Wildman–Crippen MR) is 108 cm³/mol. The molecule has 0 amide bonds. The number of rotatable bonds is 4. The highest BCUT2D eigenvalue weighted by Gasteiger charge is 2.28. The Morgan fingerprint density at radius 1 is 1.07 bits per heavy atom. The standard InChI is InChI=1S/C22H32ClFN2O/c23-13-22(27)21-10-7-19-12-18(4-2-1-3-11-25-21)15-26(16-19)14-17-5-8-20(24)9-6-17/h5-6,8-9,18-19,21,25H,1-4,7,10-16H2. The molecule has 2 aliphatic rings. The van der Waals surface area contributed by atoms with Crippen LogP contribution in [0.3, 0.4) is 0 Å². The zero-order valence-electron chi connectivity index (χ0n) is 16.1. The van der Waals surface area contributed by atoms with Gasteiger partial charge in [0.25, 0.3) is 0 Å². The van der Waals surface area contributed by atoms with E-state index in [1.165, 1.54) is 31.2 Å². The van der Waals surface area contributed by atoms with Crippen LogP contribution in [0, 0.1) is 17.7 Å². The molecule has 2 fully saturated rings. The molecule has 0 saturated carbocycles. The number of hydrogen-bond donors (Lipinski definition) is 1. The summed E-state index contributed by atoms with van der Waals surface area (Å²) in [5.74, 6) is 1.41. The molecule has 2 saturated heterocycles. The van der Waals surface area contributed by atoms with Gasteiger partial charge in [-0.05, 0) is 68.2 Å². The van der Waals surface area contributed by atoms with Crippen LogP contribution in [0.2, 0.25) is 0 Å². The van der Waals surface area contributed by atoms with Crippen LogP contribution in [-0.4, -0.2) is 42.2 Å². The predicted octanol–water partition coefficient (Wildman–Crippen LogP) is 4.38. The molecule has 1 aromatic carbocycles. The van der Waals surface area contributed by atoms with E-state index in [4.69, 9.17) is 11.6 Å². The van der Waals surface area contributed by atoms with Crippen LogP contribution in [0.15, 0.2) is 24.3 Å². The summed E-state index contributed by atoms with van der Waals surface area (Å²) in [5.41, 5.74) is 1.17. The van der Waals surface area contributed by atoms with Crippen LogP contribution in [-0.2, 0) is 11.3 Å². The number of alkyl halides is 1. The molecule has 150 valence electrons. The van der Waals surface area contributed by atoms with Crippen LogP contribution in [0.4, 0.5) is 4.39 Å². The topological polar surface area (TPSA) is 32.3 Å². The molecule has 1 N–H and O–H groups in total. The van der Waals surface area contributed by atoms with Crippen molar-refractivity contribution in [1.82, 2.24) is 10.2 Å². The molecular weight excluding hydrogens is 363 g/mol. The van der Waals surface area contributed by atoms with Crippen molar-refractivity contribution in [1.29, 1.82) is 0 Å². The summed E-state index contributed by atoms with van der Waals surface area (Å²) in [6.07, 6.45) is 8.11. The maximum atomic E-state index is 13.2. The Labute approximate surface area is 167 Å². The molecular formula is C22H32ClFN2O. The van der Waals surface area contributed by atoms with Crippen molar-refractivity contribution >= 4 is 17.4 Å². The monoisotopic (exact) mass is 394 g/mol. The third-order valence-corrected chi connectivity index (χ3v) is 6.35. The lowest BCUT2D eigenvalue weighted by atomic mass is 9.82. The smallest absolute Gasteiger partial charge is 0.164 e. The van der Waals surface area contributed by atoms with E-state index in [0.717, 1.165) is 51.4 Å². The van der Waals surface area contributed by atoms with Crippen molar-refractivity contribution in [2.24, 2.45) is 11.8 Å².